The van der Waals surface area contributed by atoms with E-state index in [2.05, 4.69) is 10.6 Å². The van der Waals surface area contributed by atoms with Gasteiger partial charge >= 0.3 is 5.97 Å². The molecular weight excluding hydrogens is 272 g/mol. The predicted molar refractivity (Wildman–Crippen MR) is 80.4 cm³/mol. The summed E-state index contributed by atoms with van der Waals surface area (Å²) in [6.45, 7) is 3.73. The third-order valence-corrected chi connectivity index (χ3v) is 2.61. The number of hydrogen-bond acceptors (Lipinski definition) is 5. The Hall–Kier alpha value is -1.92. The van der Waals surface area contributed by atoms with Gasteiger partial charge in [0.2, 0.25) is 5.91 Å². The summed E-state index contributed by atoms with van der Waals surface area (Å²) in [7, 11) is 1.61. The molecular formula is C15H22N2O4. The molecule has 0 spiro atoms. The molecule has 0 unspecified atom stereocenters. The van der Waals surface area contributed by atoms with Gasteiger partial charge in [0.05, 0.1) is 25.3 Å². The first kappa shape index (κ1) is 17.1. The van der Waals surface area contributed by atoms with Gasteiger partial charge in [-0.3, -0.25) is 4.79 Å². The zero-order chi connectivity index (χ0) is 15.5. The molecule has 6 nitrogen and oxygen atoms in total. The molecule has 0 aliphatic heterocycles. The smallest absolute Gasteiger partial charge is 0.338 e. The van der Waals surface area contributed by atoms with Crippen molar-refractivity contribution in [2.75, 3.05) is 38.7 Å². The van der Waals surface area contributed by atoms with Crippen LogP contribution in [0.4, 0.5) is 5.69 Å². The Morgan fingerprint density at radius 2 is 1.86 bits per heavy atom. The lowest BCUT2D eigenvalue weighted by atomic mass is 10.2. The molecule has 116 valence electrons. The van der Waals surface area contributed by atoms with E-state index in [4.69, 9.17) is 9.47 Å². The summed E-state index contributed by atoms with van der Waals surface area (Å²) in [5, 5.41) is 5.68. The van der Waals surface area contributed by atoms with Gasteiger partial charge in [-0.1, -0.05) is 6.92 Å². The van der Waals surface area contributed by atoms with E-state index in [0.717, 1.165) is 6.42 Å². The molecule has 0 fully saturated rings. The van der Waals surface area contributed by atoms with Crippen LogP contribution in [0.25, 0.3) is 0 Å². The molecule has 0 aliphatic carbocycles. The van der Waals surface area contributed by atoms with Gasteiger partial charge in [0.25, 0.3) is 0 Å². The van der Waals surface area contributed by atoms with Crippen LogP contribution in [0.3, 0.4) is 0 Å². The van der Waals surface area contributed by atoms with Gasteiger partial charge in [-0.05, 0) is 30.7 Å². The molecule has 0 aromatic heterocycles. The normalized spacial score (nSPS) is 10.2. The second-order valence-corrected chi connectivity index (χ2v) is 4.43. The topological polar surface area (TPSA) is 76.7 Å². The van der Waals surface area contributed by atoms with Crippen molar-refractivity contribution in [3.8, 4) is 0 Å². The third kappa shape index (κ3) is 6.87. The lowest BCUT2D eigenvalue weighted by Crippen LogP contribution is -2.30. The molecule has 1 aromatic carbocycles. The number of esters is 1. The summed E-state index contributed by atoms with van der Waals surface area (Å²) in [4.78, 5) is 23.2. The summed E-state index contributed by atoms with van der Waals surface area (Å²) in [5.74, 6) is -0.497. The van der Waals surface area contributed by atoms with E-state index in [1.54, 1.807) is 31.4 Å². The zero-order valence-electron chi connectivity index (χ0n) is 12.5. The summed E-state index contributed by atoms with van der Waals surface area (Å²) in [6, 6.07) is 6.61. The molecule has 21 heavy (non-hydrogen) atoms. The molecule has 2 N–H and O–H groups in total. The highest BCUT2D eigenvalue weighted by atomic mass is 16.5. The molecule has 0 saturated carbocycles. The summed E-state index contributed by atoms with van der Waals surface area (Å²) < 4.78 is 9.89. The highest BCUT2D eigenvalue weighted by molar-refractivity contribution is 5.93. The minimum atomic E-state index is -0.351. The van der Waals surface area contributed by atoms with Crippen LogP contribution in [0.2, 0.25) is 0 Å². The Kier molecular flexibility index (Phi) is 8.08. The number of rotatable bonds is 9. The second-order valence-electron chi connectivity index (χ2n) is 4.43. The van der Waals surface area contributed by atoms with Crippen LogP contribution in [0, 0.1) is 0 Å². The molecule has 0 radical (unpaired) electrons. The van der Waals surface area contributed by atoms with Crippen LogP contribution < -0.4 is 10.6 Å². The maximum atomic E-state index is 11.6. The lowest BCUT2D eigenvalue weighted by Gasteiger charge is -2.07. The van der Waals surface area contributed by atoms with Crippen LogP contribution in [0.1, 0.15) is 23.7 Å². The van der Waals surface area contributed by atoms with Gasteiger partial charge < -0.3 is 20.1 Å². The van der Waals surface area contributed by atoms with E-state index in [1.165, 1.54) is 0 Å². The van der Waals surface area contributed by atoms with Crippen LogP contribution in [0.5, 0.6) is 0 Å². The van der Waals surface area contributed by atoms with Crippen molar-refractivity contribution >= 4 is 17.6 Å². The Labute approximate surface area is 124 Å². The highest BCUT2D eigenvalue weighted by Gasteiger charge is 2.07. The number of amides is 1. The fraction of sp³-hybridized carbons (Fsp3) is 0.467. The maximum absolute atomic E-state index is 11.6. The second kappa shape index (κ2) is 9.90. The standard InChI is InChI=1S/C15H22N2O4/c1-3-9-21-15(19)12-4-6-13(7-5-12)17-14(18)11-16-8-10-20-2/h4-7,16H,3,8-11H2,1-2H3,(H,17,18). The first-order valence-electron chi connectivity index (χ1n) is 6.94. The zero-order valence-corrected chi connectivity index (χ0v) is 12.5. The summed E-state index contributed by atoms with van der Waals surface area (Å²) >= 11 is 0. The summed E-state index contributed by atoms with van der Waals surface area (Å²) in [6.07, 6.45) is 0.788. The quantitative estimate of drug-likeness (QED) is 0.532. The van der Waals surface area contributed by atoms with Crippen molar-refractivity contribution < 1.29 is 19.1 Å². The van der Waals surface area contributed by atoms with Crippen molar-refractivity contribution in [2.24, 2.45) is 0 Å². The number of methoxy groups -OCH3 is 1. The number of carbonyl (C=O) groups excluding carboxylic acids is 2. The number of hydrogen-bond donors (Lipinski definition) is 2. The average Bonchev–Trinajstić information content (AvgIpc) is 2.50. The molecule has 0 saturated heterocycles. The molecule has 1 rings (SSSR count). The Bertz CT molecular complexity index is 445. The van der Waals surface area contributed by atoms with Crippen LogP contribution >= 0.6 is 0 Å². The van der Waals surface area contributed by atoms with Gasteiger partial charge in [0.1, 0.15) is 0 Å². The number of carbonyl (C=O) groups is 2. The predicted octanol–water partition coefficient (Wildman–Crippen LogP) is 1.43. The van der Waals surface area contributed by atoms with Gasteiger partial charge in [-0.25, -0.2) is 4.79 Å². The van der Waals surface area contributed by atoms with Crippen molar-refractivity contribution in [1.29, 1.82) is 0 Å². The minimum absolute atomic E-state index is 0.146. The molecule has 1 amide bonds. The van der Waals surface area contributed by atoms with E-state index in [0.29, 0.717) is 31.0 Å². The fourth-order valence-electron chi connectivity index (χ4n) is 1.55. The fourth-order valence-corrected chi connectivity index (χ4v) is 1.55. The highest BCUT2D eigenvalue weighted by Crippen LogP contribution is 2.10. The molecule has 0 bridgehead atoms. The number of ether oxygens (including phenoxy) is 2. The van der Waals surface area contributed by atoms with E-state index >= 15 is 0 Å². The van der Waals surface area contributed by atoms with Crippen molar-refractivity contribution in [3.63, 3.8) is 0 Å². The third-order valence-electron chi connectivity index (χ3n) is 2.61. The average molecular weight is 294 g/mol. The molecule has 6 heteroatoms. The van der Waals surface area contributed by atoms with Crippen molar-refractivity contribution in [2.45, 2.75) is 13.3 Å². The van der Waals surface area contributed by atoms with Crippen molar-refractivity contribution in [3.05, 3.63) is 29.8 Å². The monoisotopic (exact) mass is 294 g/mol. The van der Waals surface area contributed by atoms with Gasteiger partial charge in [0.15, 0.2) is 0 Å². The van der Waals surface area contributed by atoms with Gasteiger partial charge in [0, 0.05) is 19.3 Å². The summed E-state index contributed by atoms with van der Waals surface area (Å²) in [5.41, 5.74) is 1.11. The van der Waals surface area contributed by atoms with Crippen LogP contribution in [0.15, 0.2) is 24.3 Å². The Balaban J connectivity index is 2.39. The first-order valence-corrected chi connectivity index (χ1v) is 6.94. The van der Waals surface area contributed by atoms with E-state index in [1.807, 2.05) is 6.92 Å². The largest absolute Gasteiger partial charge is 0.462 e. The minimum Gasteiger partial charge on any atom is -0.462 e. The SMILES string of the molecule is CCCOC(=O)c1ccc(NC(=O)CNCCOC)cc1. The van der Waals surface area contributed by atoms with E-state index in [9.17, 15) is 9.59 Å². The molecule has 0 heterocycles. The first-order chi connectivity index (χ1) is 10.2. The van der Waals surface area contributed by atoms with Gasteiger partial charge in [-0.15, -0.1) is 0 Å². The molecule has 0 atom stereocenters. The lowest BCUT2D eigenvalue weighted by molar-refractivity contribution is -0.115. The number of anilines is 1. The van der Waals surface area contributed by atoms with Crippen LogP contribution in [-0.4, -0.2) is 45.3 Å². The van der Waals surface area contributed by atoms with Crippen LogP contribution in [-0.2, 0) is 14.3 Å². The van der Waals surface area contributed by atoms with E-state index in [-0.39, 0.29) is 18.4 Å². The number of benzene rings is 1. The van der Waals surface area contributed by atoms with Crippen molar-refractivity contribution in [1.82, 2.24) is 5.32 Å². The Morgan fingerprint density at radius 1 is 1.14 bits per heavy atom. The molecule has 0 aliphatic rings. The number of nitrogens with one attached hydrogen (secondary N) is 2. The van der Waals surface area contributed by atoms with E-state index < -0.39 is 0 Å². The Morgan fingerprint density at radius 3 is 2.48 bits per heavy atom. The molecule has 1 aromatic rings. The van der Waals surface area contributed by atoms with Gasteiger partial charge in [-0.2, -0.15) is 0 Å². The maximum Gasteiger partial charge on any atom is 0.338 e.